The van der Waals surface area contributed by atoms with Crippen LogP contribution < -0.4 is 11.1 Å². The number of carbonyl (C=O) groups excluding carboxylic acids is 1. The van der Waals surface area contributed by atoms with E-state index in [0.717, 1.165) is 6.42 Å². The van der Waals surface area contributed by atoms with E-state index in [9.17, 15) is 13.2 Å². The maximum atomic E-state index is 12.5. The van der Waals surface area contributed by atoms with Gasteiger partial charge in [-0.25, -0.2) is 8.42 Å². The number of sulfone groups is 1. The summed E-state index contributed by atoms with van der Waals surface area (Å²) in [5.41, 5.74) is 6.75. The van der Waals surface area contributed by atoms with E-state index in [0.29, 0.717) is 23.6 Å². The van der Waals surface area contributed by atoms with Crippen molar-refractivity contribution in [1.82, 2.24) is 5.32 Å². The smallest absolute Gasteiger partial charge is 0.251 e. The topological polar surface area (TPSA) is 89.3 Å². The second kappa shape index (κ2) is 8.96. The molecule has 2 aromatic rings. The van der Waals surface area contributed by atoms with Crippen LogP contribution in [0, 0.1) is 5.92 Å². The first-order chi connectivity index (χ1) is 12.3. The van der Waals surface area contributed by atoms with Gasteiger partial charge in [0.15, 0.2) is 9.84 Å². The average molecular weight is 375 g/mol. The largest absolute Gasteiger partial charge is 0.348 e. The highest BCUT2D eigenvalue weighted by Gasteiger charge is 2.17. The Labute approximate surface area is 155 Å². The summed E-state index contributed by atoms with van der Waals surface area (Å²) in [5, 5.41) is 2.92. The lowest BCUT2D eigenvalue weighted by Crippen LogP contribution is -2.41. The van der Waals surface area contributed by atoms with Gasteiger partial charge in [-0.3, -0.25) is 4.79 Å². The Morgan fingerprint density at radius 1 is 1.08 bits per heavy atom. The van der Waals surface area contributed by atoms with E-state index in [1.54, 1.807) is 54.6 Å². The number of hydrogen-bond acceptors (Lipinski definition) is 4. The van der Waals surface area contributed by atoms with E-state index in [-0.39, 0.29) is 22.6 Å². The summed E-state index contributed by atoms with van der Waals surface area (Å²) in [6.45, 7) is 4.51. The first kappa shape index (κ1) is 20.1. The minimum Gasteiger partial charge on any atom is -0.348 e. The fourth-order valence-corrected chi connectivity index (χ4v) is 4.14. The predicted molar refractivity (Wildman–Crippen MR) is 104 cm³/mol. The molecule has 1 amide bonds. The van der Waals surface area contributed by atoms with Gasteiger partial charge in [0.1, 0.15) is 0 Å². The molecule has 6 heteroatoms. The third-order valence-corrected chi connectivity index (χ3v) is 5.73. The molecule has 2 aromatic carbocycles. The Hall–Kier alpha value is -2.18. The maximum Gasteiger partial charge on any atom is 0.251 e. The number of benzene rings is 2. The number of nitrogens with two attached hydrogens (primary N) is 1. The molecule has 0 bridgehead atoms. The van der Waals surface area contributed by atoms with Crippen LogP contribution >= 0.6 is 0 Å². The van der Waals surface area contributed by atoms with Gasteiger partial charge in [0.2, 0.25) is 0 Å². The molecule has 0 aliphatic rings. The summed E-state index contributed by atoms with van der Waals surface area (Å²) in [4.78, 5) is 12.7. The van der Waals surface area contributed by atoms with Gasteiger partial charge >= 0.3 is 0 Å². The first-order valence-corrected chi connectivity index (χ1v) is 10.3. The molecule has 140 valence electrons. The van der Waals surface area contributed by atoms with Crippen molar-refractivity contribution in [3.05, 3.63) is 65.7 Å². The van der Waals surface area contributed by atoms with Crippen LogP contribution in [0.5, 0.6) is 0 Å². The minimum atomic E-state index is -3.45. The van der Waals surface area contributed by atoms with Gasteiger partial charge < -0.3 is 11.1 Å². The molecule has 0 radical (unpaired) electrons. The molecule has 3 N–H and O–H groups in total. The molecule has 0 aromatic heterocycles. The highest BCUT2D eigenvalue weighted by molar-refractivity contribution is 7.90. The molecular weight excluding hydrogens is 348 g/mol. The molecule has 26 heavy (non-hydrogen) atoms. The number of carbonyl (C=O) groups is 1. The van der Waals surface area contributed by atoms with Crippen molar-refractivity contribution in [2.45, 2.75) is 37.0 Å². The van der Waals surface area contributed by atoms with Crippen molar-refractivity contribution in [2.75, 3.05) is 6.54 Å². The Kier molecular flexibility index (Phi) is 6.94. The monoisotopic (exact) mass is 374 g/mol. The second-order valence-electron chi connectivity index (χ2n) is 6.81. The van der Waals surface area contributed by atoms with Gasteiger partial charge in [-0.15, -0.1) is 0 Å². The van der Waals surface area contributed by atoms with E-state index in [2.05, 4.69) is 19.2 Å². The molecule has 0 spiro atoms. The van der Waals surface area contributed by atoms with Gasteiger partial charge in [0, 0.05) is 18.2 Å². The van der Waals surface area contributed by atoms with Crippen LogP contribution in [0.2, 0.25) is 0 Å². The molecular formula is C20H26N2O3S. The molecule has 2 rings (SSSR count). The lowest BCUT2D eigenvalue weighted by molar-refractivity contribution is 0.0933. The highest BCUT2D eigenvalue weighted by Crippen LogP contribution is 2.17. The molecule has 0 fully saturated rings. The van der Waals surface area contributed by atoms with Crippen molar-refractivity contribution in [3.8, 4) is 0 Å². The molecule has 0 heterocycles. The third-order valence-electron chi connectivity index (χ3n) is 4.02. The summed E-state index contributed by atoms with van der Waals surface area (Å²) in [5.74, 6) is 0.0380. The van der Waals surface area contributed by atoms with Gasteiger partial charge in [-0.1, -0.05) is 44.2 Å². The molecule has 0 saturated carbocycles. The molecule has 0 aliphatic heterocycles. The van der Waals surface area contributed by atoms with E-state index < -0.39 is 9.84 Å². The van der Waals surface area contributed by atoms with Gasteiger partial charge in [-0.2, -0.15) is 0 Å². The van der Waals surface area contributed by atoms with Crippen LogP contribution in [0.3, 0.4) is 0 Å². The fraction of sp³-hybridized carbons (Fsp3) is 0.350. The third kappa shape index (κ3) is 5.68. The lowest BCUT2D eigenvalue weighted by Gasteiger charge is -2.19. The molecule has 0 aliphatic carbocycles. The Morgan fingerprint density at radius 2 is 1.77 bits per heavy atom. The lowest BCUT2D eigenvalue weighted by atomic mass is 10.0. The number of hydrogen-bond donors (Lipinski definition) is 2. The van der Waals surface area contributed by atoms with Crippen LogP contribution in [0.15, 0.2) is 59.5 Å². The first-order valence-electron chi connectivity index (χ1n) is 8.69. The van der Waals surface area contributed by atoms with Crippen molar-refractivity contribution in [2.24, 2.45) is 11.7 Å². The van der Waals surface area contributed by atoms with Crippen LogP contribution in [-0.4, -0.2) is 26.9 Å². The zero-order chi connectivity index (χ0) is 19.2. The molecule has 0 saturated heterocycles. The van der Waals surface area contributed by atoms with Crippen molar-refractivity contribution >= 4 is 15.7 Å². The SMILES string of the molecule is CC(C)CC(CN)NC(=O)c1cccc(CS(=O)(=O)c2ccccc2)c1. The van der Waals surface area contributed by atoms with Crippen molar-refractivity contribution < 1.29 is 13.2 Å². The molecule has 5 nitrogen and oxygen atoms in total. The Bertz CT molecular complexity index is 833. The van der Waals surface area contributed by atoms with Crippen LogP contribution in [-0.2, 0) is 15.6 Å². The Morgan fingerprint density at radius 3 is 2.38 bits per heavy atom. The second-order valence-corrected chi connectivity index (χ2v) is 8.80. The average Bonchev–Trinajstić information content (AvgIpc) is 2.61. The summed E-state index contributed by atoms with van der Waals surface area (Å²) in [6.07, 6.45) is 0.796. The number of nitrogens with one attached hydrogen (secondary N) is 1. The quantitative estimate of drug-likeness (QED) is 0.743. The van der Waals surface area contributed by atoms with Gasteiger partial charge in [0.05, 0.1) is 10.6 Å². The fourth-order valence-electron chi connectivity index (χ4n) is 2.78. The minimum absolute atomic E-state index is 0.0980. The summed E-state index contributed by atoms with van der Waals surface area (Å²) >= 11 is 0. The summed E-state index contributed by atoms with van der Waals surface area (Å²) in [7, 11) is -3.45. The van der Waals surface area contributed by atoms with E-state index in [1.165, 1.54) is 0 Å². The van der Waals surface area contributed by atoms with Crippen LogP contribution in [0.4, 0.5) is 0 Å². The van der Waals surface area contributed by atoms with E-state index in [1.807, 2.05) is 0 Å². The number of rotatable bonds is 8. The maximum absolute atomic E-state index is 12.5. The predicted octanol–water partition coefficient (Wildman–Crippen LogP) is 2.76. The van der Waals surface area contributed by atoms with Crippen LogP contribution in [0.1, 0.15) is 36.2 Å². The molecule has 1 unspecified atom stereocenters. The zero-order valence-corrected chi connectivity index (χ0v) is 16.0. The van der Waals surface area contributed by atoms with Crippen molar-refractivity contribution in [3.63, 3.8) is 0 Å². The molecule has 1 atom stereocenters. The number of amides is 1. The normalized spacial score (nSPS) is 12.8. The van der Waals surface area contributed by atoms with E-state index in [4.69, 9.17) is 5.73 Å². The summed E-state index contributed by atoms with van der Waals surface area (Å²) in [6, 6.07) is 14.9. The highest BCUT2D eigenvalue weighted by atomic mass is 32.2. The standard InChI is InChI=1S/C20H26N2O3S/c1-15(2)11-18(13-21)22-20(23)17-8-6-7-16(12-17)14-26(24,25)19-9-4-3-5-10-19/h3-10,12,15,18H,11,13-14,21H2,1-2H3,(H,22,23). The van der Waals surface area contributed by atoms with Crippen LogP contribution in [0.25, 0.3) is 0 Å². The zero-order valence-electron chi connectivity index (χ0n) is 15.2. The summed E-state index contributed by atoms with van der Waals surface area (Å²) < 4.78 is 25.0. The van der Waals surface area contributed by atoms with Crippen molar-refractivity contribution in [1.29, 1.82) is 0 Å². The van der Waals surface area contributed by atoms with E-state index >= 15 is 0 Å². The van der Waals surface area contributed by atoms with Gasteiger partial charge in [-0.05, 0) is 42.2 Å². The van der Waals surface area contributed by atoms with Gasteiger partial charge in [0.25, 0.3) is 5.91 Å². The Balaban J connectivity index is 2.13.